The van der Waals surface area contributed by atoms with E-state index in [1.807, 2.05) is 0 Å². The van der Waals surface area contributed by atoms with Gasteiger partial charge in [-0.2, -0.15) is 10.5 Å². The molecule has 0 aromatic carbocycles. The van der Waals surface area contributed by atoms with E-state index in [4.69, 9.17) is 21.1 Å². The van der Waals surface area contributed by atoms with E-state index in [0.29, 0.717) is 10.8 Å². The van der Waals surface area contributed by atoms with Gasteiger partial charge in [0.15, 0.2) is 11.7 Å². The Kier molecular flexibility index (Phi) is 3.41. The zero-order valence-electron chi connectivity index (χ0n) is 6.97. The molecule has 0 radical (unpaired) electrons. The number of anilines is 1. The number of hydrogen-bond acceptors (Lipinski definition) is 7. The predicted molar refractivity (Wildman–Crippen MR) is 50.0 cm³/mol. The van der Waals surface area contributed by atoms with Gasteiger partial charge < -0.3 is 10.6 Å². The molecule has 0 spiro atoms. The van der Waals surface area contributed by atoms with Gasteiger partial charge in [0.05, 0.1) is 5.69 Å². The van der Waals surface area contributed by atoms with Crippen LogP contribution in [0.5, 0.6) is 0 Å². The maximum absolute atomic E-state index is 8.31. The Hall–Kier alpha value is -2.12. The number of aromatic nitrogens is 1. The van der Waals surface area contributed by atoms with Crippen LogP contribution >= 0.6 is 11.3 Å². The molecule has 0 aliphatic carbocycles. The van der Waals surface area contributed by atoms with Crippen LogP contribution in [0, 0.1) is 22.7 Å². The number of nitrogens with zero attached hydrogens (tertiary/aromatic N) is 4. The van der Waals surface area contributed by atoms with Crippen molar-refractivity contribution in [3.8, 4) is 12.1 Å². The van der Waals surface area contributed by atoms with Gasteiger partial charge in [0.1, 0.15) is 12.1 Å². The molecule has 1 heterocycles. The van der Waals surface area contributed by atoms with Crippen molar-refractivity contribution in [1.82, 2.24) is 4.98 Å². The maximum atomic E-state index is 8.31. The summed E-state index contributed by atoms with van der Waals surface area (Å²) < 4.78 is 0. The molecule has 0 saturated heterocycles. The molecule has 70 valence electrons. The van der Waals surface area contributed by atoms with Gasteiger partial charge >= 0.3 is 0 Å². The Bertz CT molecular complexity index is 408. The van der Waals surface area contributed by atoms with Crippen molar-refractivity contribution < 1.29 is 4.84 Å². The van der Waals surface area contributed by atoms with E-state index in [2.05, 4.69) is 10.1 Å². The van der Waals surface area contributed by atoms with Crippen LogP contribution in [-0.2, 0) is 11.4 Å². The summed E-state index contributed by atoms with van der Waals surface area (Å²) in [6.45, 7) is 0.0978. The van der Waals surface area contributed by atoms with E-state index in [0.717, 1.165) is 0 Å². The molecule has 1 aromatic heterocycles. The molecule has 6 nitrogen and oxygen atoms in total. The number of thiazole rings is 1. The molecule has 0 aliphatic heterocycles. The molecule has 0 bridgehead atoms. The van der Waals surface area contributed by atoms with E-state index >= 15 is 0 Å². The fraction of sp³-hybridized carbons (Fsp3) is 0.143. The quantitative estimate of drug-likeness (QED) is 0.578. The highest BCUT2D eigenvalue weighted by Crippen LogP contribution is 2.11. The van der Waals surface area contributed by atoms with E-state index in [9.17, 15) is 0 Å². The molecule has 1 aromatic rings. The Morgan fingerprint density at radius 2 is 2.36 bits per heavy atom. The molecule has 2 N–H and O–H groups in total. The van der Waals surface area contributed by atoms with Crippen LogP contribution in [0.25, 0.3) is 0 Å². The average Bonchev–Trinajstić information content (AvgIpc) is 2.59. The lowest BCUT2D eigenvalue weighted by molar-refractivity contribution is 0.129. The molecule has 1 rings (SSSR count). The molecule has 14 heavy (non-hydrogen) atoms. The second-order valence-corrected chi connectivity index (χ2v) is 3.00. The van der Waals surface area contributed by atoms with E-state index in [1.165, 1.54) is 11.3 Å². The first-order valence-electron chi connectivity index (χ1n) is 3.46. The summed E-state index contributed by atoms with van der Waals surface area (Å²) >= 11 is 1.28. The minimum absolute atomic E-state index is 0.0978. The summed E-state index contributed by atoms with van der Waals surface area (Å²) in [4.78, 5) is 8.60. The summed E-state index contributed by atoms with van der Waals surface area (Å²) in [5.74, 6) is 0. The number of nitrogen functional groups attached to an aromatic ring is 1. The molecular formula is C7H5N5OS. The molecule has 0 aliphatic rings. The largest absolute Gasteiger partial charge is 0.388 e. The summed E-state index contributed by atoms with van der Waals surface area (Å²) in [6.07, 6.45) is 0. The molecular weight excluding hydrogens is 202 g/mol. The second-order valence-electron chi connectivity index (χ2n) is 2.11. The van der Waals surface area contributed by atoms with Crippen molar-refractivity contribution in [2.75, 3.05) is 5.73 Å². The summed E-state index contributed by atoms with van der Waals surface area (Å²) in [7, 11) is 0. The van der Waals surface area contributed by atoms with E-state index in [-0.39, 0.29) is 12.3 Å². The Morgan fingerprint density at radius 3 is 2.86 bits per heavy atom. The normalized spacial score (nSPS) is 8.43. The van der Waals surface area contributed by atoms with Gasteiger partial charge in [-0.1, -0.05) is 5.16 Å². The first kappa shape index (κ1) is 9.96. The topological polar surface area (TPSA) is 108 Å². The molecule has 0 unspecified atom stereocenters. The molecule has 0 saturated carbocycles. The molecule has 0 atom stereocenters. The zero-order chi connectivity index (χ0) is 10.4. The molecule has 0 amide bonds. The highest BCUT2D eigenvalue weighted by molar-refractivity contribution is 7.13. The average molecular weight is 207 g/mol. The maximum Gasteiger partial charge on any atom is 0.256 e. The van der Waals surface area contributed by atoms with Crippen LogP contribution in [-0.4, -0.2) is 10.7 Å². The lowest BCUT2D eigenvalue weighted by Crippen LogP contribution is -1.93. The molecule has 7 heteroatoms. The van der Waals surface area contributed by atoms with Crippen molar-refractivity contribution >= 4 is 22.2 Å². The van der Waals surface area contributed by atoms with Crippen LogP contribution in [0.1, 0.15) is 5.69 Å². The third-order valence-corrected chi connectivity index (χ3v) is 1.87. The van der Waals surface area contributed by atoms with Crippen LogP contribution in [0.4, 0.5) is 5.13 Å². The van der Waals surface area contributed by atoms with Gasteiger partial charge in [0.2, 0.25) is 0 Å². The van der Waals surface area contributed by atoms with Crippen LogP contribution in [0.2, 0.25) is 0 Å². The first-order chi connectivity index (χ1) is 6.76. The Labute approximate surface area is 83.8 Å². The van der Waals surface area contributed by atoms with Crippen molar-refractivity contribution in [3.05, 3.63) is 11.1 Å². The summed E-state index contributed by atoms with van der Waals surface area (Å²) in [5, 5.41) is 22.1. The number of nitriles is 2. The van der Waals surface area contributed by atoms with Gasteiger partial charge in [-0.25, -0.2) is 4.98 Å². The summed E-state index contributed by atoms with van der Waals surface area (Å²) in [5.41, 5.74) is 5.67. The predicted octanol–water partition coefficient (Wildman–Crippen LogP) is 0.645. The van der Waals surface area contributed by atoms with Crippen molar-refractivity contribution in [3.63, 3.8) is 0 Å². The van der Waals surface area contributed by atoms with Gasteiger partial charge in [-0.3, -0.25) is 0 Å². The fourth-order valence-corrected chi connectivity index (χ4v) is 1.17. The monoisotopic (exact) mass is 207 g/mol. The summed E-state index contributed by atoms with van der Waals surface area (Å²) in [6, 6.07) is 3.13. The number of rotatable bonds is 3. The van der Waals surface area contributed by atoms with Gasteiger partial charge in [0, 0.05) is 5.38 Å². The number of nitrogens with two attached hydrogens (primary N) is 1. The number of oxime groups is 1. The third-order valence-electron chi connectivity index (χ3n) is 1.15. The van der Waals surface area contributed by atoms with E-state index in [1.54, 1.807) is 17.5 Å². The third kappa shape index (κ3) is 2.73. The SMILES string of the molecule is N#CC(C#N)=NOCc1csc(N)n1. The first-order valence-corrected chi connectivity index (χ1v) is 4.34. The van der Waals surface area contributed by atoms with Gasteiger partial charge in [-0.05, 0) is 0 Å². The lowest BCUT2D eigenvalue weighted by Gasteiger charge is -1.92. The van der Waals surface area contributed by atoms with E-state index < -0.39 is 0 Å². The van der Waals surface area contributed by atoms with Crippen molar-refractivity contribution in [2.24, 2.45) is 5.16 Å². The Morgan fingerprint density at radius 1 is 1.64 bits per heavy atom. The van der Waals surface area contributed by atoms with Crippen LogP contribution in [0.15, 0.2) is 10.5 Å². The van der Waals surface area contributed by atoms with Gasteiger partial charge in [0.25, 0.3) is 5.71 Å². The fourth-order valence-electron chi connectivity index (χ4n) is 0.618. The highest BCUT2D eigenvalue weighted by atomic mass is 32.1. The van der Waals surface area contributed by atoms with Crippen LogP contribution in [0.3, 0.4) is 0 Å². The van der Waals surface area contributed by atoms with Crippen molar-refractivity contribution in [2.45, 2.75) is 6.61 Å². The standard InChI is InChI=1S/C7H5N5OS/c8-1-5(2-9)12-13-3-6-4-14-7(10)11-6/h4H,3H2,(H2,10,11). The minimum atomic E-state index is -0.326. The zero-order valence-corrected chi connectivity index (χ0v) is 7.78. The second kappa shape index (κ2) is 4.80. The van der Waals surface area contributed by atoms with Gasteiger partial charge in [-0.15, -0.1) is 11.3 Å². The smallest absolute Gasteiger partial charge is 0.256 e. The molecule has 0 fully saturated rings. The highest BCUT2D eigenvalue weighted by Gasteiger charge is 1.99. The van der Waals surface area contributed by atoms with Crippen LogP contribution < -0.4 is 5.73 Å². The van der Waals surface area contributed by atoms with Crippen molar-refractivity contribution in [1.29, 1.82) is 10.5 Å². The number of hydrogen-bond donors (Lipinski definition) is 1. The minimum Gasteiger partial charge on any atom is -0.388 e. The Balaban J connectivity index is 2.47. The lowest BCUT2D eigenvalue weighted by atomic mass is 10.5.